The van der Waals surface area contributed by atoms with E-state index < -0.39 is 0 Å². The van der Waals surface area contributed by atoms with Crippen LogP contribution in [0, 0.1) is 0 Å². The van der Waals surface area contributed by atoms with Crippen LogP contribution in [-0.2, 0) is 6.54 Å². The van der Waals surface area contributed by atoms with E-state index in [1.807, 2.05) is 78.6 Å². The number of nitrogens with zero attached hydrogens (tertiary/aromatic N) is 3. The molecule has 1 unspecified atom stereocenters. The first-order chi connectivity index (χ1) is 14.2. The summed E-state index contributed by atoms with van der Waals surface area (Å²) in [7, 11) is 3.39. The van der Waals surface area contributed by atoms with Crippen LogP contribution in [0.25, 0.3) is 5.69 Å². The molecule has 0 bridgehead atoms. The molecular weight excluding hydrogens is 366 g/mol. The lowest BCUT2D eigenvalue weighted by Gasteiger charge is -2.18. The average Bonchev–Trinajstić information content (AvgIpc) is 3.24. The first-order valence-electron chi connectivity index (χ1n) is 9.52. The molecule has 0 aliphatic carbocycles. The molecular formula is C22H27N5O2. The Morgan fingerprint density at radius 2 is 1.90 bits per heavy atom. The van der Waals surface area contributed by atoms with Crippen LogP contribution in [0.5, 0.6) is 11.5 Å². The highest BCUT2D eigenvalue weighted by molar-refractivity contribution is 5.79. The van der Waals surface area contributed by atoms with Gasteiger partial charge in [-0.3, -0.25) is 4.99 Å². The largest absolute Gasteiger partial charge is 0.497 e. The molecule has 2 N–H and O–H groups in total. The fourth-order valence-corrected chi connectivity index (χ4v) is 2.77. The molecule has 0 saturated carbocycles. The first kappa shape index (κ1) is 20.3. The molecule has 1 atom stereocenters. The van der Waals surface area contributed by atoms with E-state index in [1.165, 1.54) is 0 Å². The maximum Gasteiger partial charge on any atom is 0.191 e. The number of para-hydroxylation sites is 1. The van der Waals surface area contributed by atoms with Crippen LogP contribution >= 0.6 is 0 Å². The van der Waals surface area contributed by atoms with Crippen molar-refractivity contribution in [2.75, 3.05) is 20.7 Å². The summed E-state index contributed by atoms with van der Waals surface area (Å²) in [5.41, 5.74) is 2.10. The Bertz CT molecular complexity index is 924. The molecule has 0 spiro atoms. The minimum Gasteiger partial charge on any atom is -0.497 e. The fraction of sp³-hybridized carbons (Fsp3) is 0.273. The minimum absolute atomic E-state index is 0.0403. The third-order valence-electron chi connectivity index (χ3n) is 4.28. The second-order valence-corrected chi connectivity index (χ2v) is 6.54. The summed E-state index contributed by atoms with van der Waals surface area (Å²) in [4.78, 5) is 4.27. The molecule has 3 rings (SSSR count). The molecule has 7 heteroatoms. The number of nitrogens with one attached hydrogen (secondary N) is 2. The summed E-state index contributed by atoms with van der Waals surface area (Å²) >= 11 is 0. The Labute approximate surface area is 171 Å². The zero-order chi connectivity index (χ0) is 20.5. The second kappa shape index (κ2) is 10.2. The Morgan fingerprint density at radius 3 is 2.66 bits per heavy atom. The summed E-state index contributed by atoms with van der Waals surface area (Å²) in [5.74, 6) is 2.25. The van der Waals surface area contributed by atoms with Gasteiger partial charge in [-0.25, -0.2) is 4.68 Å². The van der Waals surface area contributed by atoms with Crippen molar-refractivity contribution in [3.8, 4) is 17.2 Å². The molecule has 0 radical (unpaired) electrons. The summed E-state index contributed by atoms with van der Waals surface area (Å²) in [6.45, 7) is 3.24. The van der Waals surface area contributed by atoms with Crippen LogP contribution in [0.3, 0.4) is 0 Å². The van der Waals surface area contributed by atoms with E-state index in [4.69, 9.17) is 9.47 Å². The molecule has 0 saturated heterocycles. The summed E-state index contributed by atoms with van der Waals surface area (Å²) in [6, 6.07) is 17.6. The fourth-order valence-electron chi connectivity index (χ4n) is 2.77. The van der Waals surface area contributed by atoms with E-state index in [0.717, 1.165) is 22.7 Å². The van der Waals surface area contributed by atoms with Gasteiger partial charge in [0.25, 0.3) is 0 Å². The number of ether oxygens (including phenoxy) is 2. The van der Waals surface area contributed by atoms with Crippen molar-refractivity contribution in [2.24, 2.45) is 4.99 Å². The van der Waals surface area contributed by atoms with Crippen molar-refractivity contribution in [3.63, 3.8) is 0 Å². The number of aromatic nitrogens is 2. The van der Waals surface area contributed by atoms with Crippen LogP contribution in [0.2, 0.25) is 0 Å². The molecule has 0 fully saturated rings. The van der Waals surface area contributed by atoms with Gasteiger partial charge < -0.3 is 20.1 Å². The number of aliphatic imine (C=N–C) groups is 1. The van der Waals surface area contributed by atoms with E-state index in [-0.39, 0.29) is 6.10 Å². The topological polar surface area (TPSA) is 72.7 Å². The Hall–Kier alpha value is -3.48. The standard InChI is InChI=1S/C22H27N5O2/c1-17(29-21-11-7-10-20(12-21)28-3)13-24-22(23-2)25-14-18-15-26-27(16-18)19-8-5-4-6-9-19/h4-12,15-17H,13-14H2,1-3H3,(H2,23,24,25). The van der Waals surface area contributed by atoms with Gasteiger partial charge in [-0.1, -0.05) is 24.3 Å². The number of methoxy groups -OCH3 is 1. The SMILES string of the molecule is CN=C(NCc1cnn(-c2ccccc2)c1)NCC(C)Oc1cccc(OC)c1. The summed E-state index contributed by atoms with van der Waals surface area (Å²) in [5, 5.41) is 11.0. The van der Waals surface area contributed by atoms with E-state index in [0.29, 0.717) is 19.0 Å². The van der Waals surface area contributed by atoms with Crippen molar-refractivity contribution < 1.29 is 9.47 Å². The maximum atomic E-state index is 5.93. The van der Waals surface area contributed by atoms with Gasteiger partial charge in [-0.05, 0) is 31.2 Å². The molecule has 3 aromatic rings. The average molecular weight is 393 g/mol. The molecule has 2 aromatic carbocycles. The first-order valence-corrected chi connectivity index (χ1v) is 9.52. The molecule has 0 aliphatic rings. The van der Waals surface area contributed by atoms with Crippen LogP contribution in [0.4, 0.5) is 0 Å². The lowest BCUT2D eigenvalue weighted by molar-refractivity contribution is 0.223. The van der Waals surface area contributed by atoms with Gasteiger partial charge in [0.1, 0.15) is 17.6 Å². The molecule has 1 heterocycles. The predicted molar refractivity (Wildman–Crippen MR) is 115 cm³/mol. The monoisotopic (exact) mass is 393 g/mol. The maximum absolute atomic E-state index is 5.93. The third-order valence-corrected chi connectivity index (χ3v) is 4.28. The lowest BCUT2D eigenvalue weighted by Crippen LogP contribution is -2.41. The molecule has 7 nitrogen and oxygen atoms in total. The van der Waals surface area contributed by atoms with Crippen molar-refractivity contribution in [3.05, 3.63) is 72.6 Å². The predicted octanol–water partition coefficient (Wildman–Crippen LogP) is 3.01. The zero-order valence-electron chi connectivity index (χ0n) is 17.0. The summed E-state index contributed by atoms with van der Waals surface area (Å²) < 4.78 is 13.0. The molecule has 0 aliphatic heterocycles. The number of benzene rings is 2. The van der Waals surface area contributed by atoms with E-state index in [9.17, 15) is 0 Å². The number of guanidine groups is 1. The van der Waals surface area contributed by atoms with Crippen LogP contribution in [0.1, 0.15) is 12.5 Å². The van der Waals surface area contributed by atoms with Crippen LogP contribution in [0.15, 0.2) is 72.0 Å². The zero-order valence-corrected chi connectivity index (χ0v) is 17.0. The van der Waals surface area contributed by atoms with E-state index >= 15 is 0 Å². The molecule has 1 aromatic heterocycles. The summed E-state index contributed by atoms with van der Waals surface area (Å²) in [6.07, 6.45) is 3.81. The molecule has 29 heavy (non-hydrogen) atoms. The highest BCUT2D eigenvalue weighted by Crippen LogP contribution is 2.19. The number of hydrogen-bond donors (Lipinski definition) is 2. The van der Waals surface area contributed by atoms with Gasteiger partial charge in [-0.2, -0.15) is 5.10 Å². The van der Waals surface area contributed by atoms with Gasteiger partial charge in [0.05, 0.1) is 25.5 Å². The normalized spacial score (nSPS) is 12.3. The molecule has 0 amide bonds. The van der Waals surface area contributed by atoms with Crippen molar-refractivity contribution in [2.45, 2.75) is 19.6 Å². The Kier molecular flexibility index (Phi) is 7.10. The number of hydrogen-bond acceptors (Lipinski definition) is 4. The lowest BCUT2D eigenvalue weighted by atomic mass is 10.3. The van der Waals surface area contributed by atoms with E-state index in [1.54, 1.807) is 14.2 Å². The smallest absolute Gasteiger partial charge is 0.191 e. The van der Waals surface area contributed by atoms with Crippen molar-refractivity contribution >= 4 is 5.96 Å². The minimum atomic E-state index is -0.0403. The van der Waals surface area contributed by atoms with Crippen LogP contribution in [-0.4, -0.2) is 42.5 Å². The van der Waals surface area contributed by atoms with Crippen molar-refractivity contribution in [1.82, 2.24) is 20.4 Å². The highest BCUT2D eigenvalue weighted by atomic mass is 16.5. The number of rotatable bonds is 8. The van der Waals surface area contributed by atoms with Gasteiger partial charge in [0, 0.05) is 31.4 Å². The molecule has 152 valence electrons. The van der Waals surface area contributed by atoms with Gasteiger partial charge in [0.2, 0.25) is 0 Å². The van der Waals surface area contributed by atoms with Crippen molar-refractivity contribution in [1.29, 1.82) is 0 Å². The van der Waals surface area contributed by atoms with Gasteiger partial charge in [0.15, 0.2) is 5.96 Å². The Balaban J connectivity index is 1.46. The van der Waals surface area contributed by atoms with E-state index in [2.05, 4.69) is 20.7 Å². The third kappa shape index (κ3) is 6.00. The highest BCUT2D eigenvalue weighted by Gasteiger charge is 2.07. The Morgan fingerprint density at radius 1 is 1.10 bits per heavy atom. The quantitative estimate of drug-likeness (QED) is 0.455. The second-order valence-electron chi connectivity index (χ2n) is 6.54. The van der Waals surface area contributed by atoms with Crippen LogP contribution < -0.4 is 20.1 Å². The van der Waals surface area contributed by atoms with Gasteiger partial charge in [-0.15, -0.1) is 0 Å². The van der Waals surface area contributed by atoms with Gasteiger partial charge >= 0.3 is 0 Å².